The van der Waals surface area contributed by atoms with Crippen LogP contribution < -0.4 is 0 Å². The minimum Gasteiger partial charge on any atom is -0.392 e. The molecule has 20 heavy (non-hydrogen) atoms. The molecule has 1 saturated heterocycles. The molecule has 1 fully saturated rings. The maximum atomic E-state index is 13.8. The van der Waals surface area contributed by atoms with E-state index in [9.17, 15) is 17.2 Å². The molecule has 0 saturated carbocycles. The monoisotopic (exact) mass is 307 g/mol. The molecule has 0 amide bonds. The van der Waals surface area contributed by atoms with Gasteiger partial charge in [-0.15, -0.1) is 0 Å². The standard InChI is InChI=1S/C12H15F2NO4S/c1-8-7-19-3-2-15(8)20(17,18)11-5-9(6-16)4-10(13)12(11)14/h4-5,8,16H,2-3,6-7H2,1H3. The van der Waals surface area contributed by atoms with Gasteiger partial charge in [0.2, 0.25) is 10.0 Å². The molecule has 1 unspecified atom stereocenters. The van der Waals surface area contributed by atoms with Crippen molar-refractivity contribution >= 4 is 10.0 Å². The Morgan fingerprint density at radius 2 is 2.15 bits per heavy atom. The first-order chi connectivity index (χ1) is 9.37. The van der Waals surface area contributed by atoms with Crippen LogP contribution in [0.25, 0.3) is 0 Å². The van der Waals surface area contributed by atoms with E-state index >= 15 is 0 Å². The van der Waals surface area contributed by atoms with Crippen molar-refractivity contribution in [2.45, 2.75) is 24.5 Å². The number of benzene rings is 1. The fraction of sp³-hybridized carbons (Fsp3) is 0.500. The summed E-state index contributed by atoms with van der Waals surface area (Å²) in [6.45, 7) is 1.53. The molecule has 1 aromatic carbocycles. The molecular weight excluding hydrogens is 292 g/mol. The molecule has 1 atom stereocenters. The number of halogens is 2. The fourth-order valence-corrected chi connectivity index (χ4v) is 3.82. The molecule has 112 valence electrons. The number of morpholine rings is 1. The Kier molecular flexibility index (Phi) is 4.38. The molecule has 0 spiro atoms. The molecule has 1 aromatic rings. The second-order valence-electron chi connectivity index (χ2n) is 4.59. The van der Waals surface area contributed by atoms with Crippen LogP contribution in [0, 0.1) is 11.6 Å². The van der Waals surface area contributed by atoms with Gasteiger partial charge in [0.15, 0.2) is 11.6 Å². The number of rotatable bonds is 3. The van der Waals surface area contributed by atoms with E-state index < -0.39 is 39.2 Å². The van der Waals surface area contributed by atoms with Crippen LogP contribution in [-0.4, -0.2) is 43.6 Å². The van der Waals surface area contributed by atoms with Gasteiger partial charge in [0, 0.05) is 12.6 Å². The number of nitrogens with zero attached hydrogens (tertiary/aromatic N) is 1. The number of ether oxygens (including phenoxy) is 1. The fourth-order valence-electron chi connectivity index (χ4n) is 2.09. The van der Waals surface area contributed by atoms with E-state index in [0.717, 1.165) is 16.4 Å². The van der Waals surface area contributed by atoms with Crippen LogP contribution in [0.3, 0.4) is 0 Å². The maximum absolute atomic E-state index is 13.8. The van der Waals surface area contributed by atoms with Crippen molar-refractivity contribution in [3.63, 3.8) is 0 Å². The van der Waals surface area contributed by atoms with Crippen molar-refractivity contribution in [3.05, 3.63) is 29.3 Å². The van der Waals surface area contributed by atoms with Crippen LogP contribution in [0.5, 0.6) is 0 Å². The molecule has 1 heterocycles. The Hall–Kier alpha value is -1.09. The Balaban J connectivity index is 2.51. The van der Waals surface area contributed by atoms with Crippen LogP contribution in [0.15, 0.2) is 17.0 Å². The van der Waals surface area contributed by atoms with Crippen molar-refractivity contribution in [2.24, 2.45) is 0 Å². The Labute approximate surface area is 115 Å². The highest BCUT2D eigenvalue weighted by Crippen LogP contribution is 2.25. The third kappa shape index (κ3) is 2.69. The molecule has 0 aromatic heterocycles. The lowest BCUT2D eigenvalue weighted by molar-refractivity contribution is 0.0391. The van der Waals surface area contributed by atoms with E-state index in [2.05, 4.69) is 0 Å². The van der Waals surface area contributed by atoms with Gasteiger partial charge in [-0.2, -0.15) is 4.31 Å². The number of aliphatic hydroxyl groups excluding tert-OH is 1. The number of hydrogen-bond donors (Lipinski definition) is 1. The Morgan fingerprint density at radius 3 is 2.75 bits per heavy atom. The average molecular weight is 307 g/mol. The second-order valence-corrected chi connectivity index (χ2v) is 6.45. The van der Waals surface area contributed by atoms with Crippen molar-refractivity contribution in [3.8, 4) is 0 Å². The Bertz CT molecular complexity index is 606. The predicted octanol–water partition coefficient (Wildman–Crippen LogP) is 0.867. The van der Waals surface area contributed by atoms with Gasteiger partial charge < -0.3 is 9.84 Å². The highest BCUT2D eigenvalue weighted by Gasteiger charge is 2.34. The van der Waals surface area contributed by atoms with E-state index in [-0.39, 0.29) is 25.3 Å². The number of sulfonamides is 1. The van der Waals surface area contributed by atoms with E-state index in [1.165, 1.54) is 0 Å². The van der Waals surface area contributed by atoms with E-state index in [4.69, 9.17) is 9.84 Å². The summed E-state index contributed by atoms with van der Waals surface area (Å²) < 4.78 is 58.3. The van der Waals surface area contributed by atoms with E-state index in [1.54, 1.807) is 6.92 Å². The summed E-state index contributed by atoms with van der Waals surface area (Å²) in [5, 5.41) is 8.99. The summed E-state index contributed by atoms with van der Waals surface area (Å²) in [6.07, 6.45) is 0. The second kappa shape index (κ2) is 5.72. The lowest BCUT2D eigenvalue weighted by Crippen LogP contribution is -2.47. The number of aliphatic hydroxyl groups is 1. The van der Waals surface area contributed by atoms with Crippen molar-refractivity contribution < 1.29 is 27.0 Å². The van der Waals surface area contributed by atoms with Crippen LogP contribution >= 0.6 is 0 Å². The smallest absolute Gasteiger partial charge is 0.246 e. The molecule has 8 heteroatoms. The molecule has 5 nitrogen and oxygen atoms in total. The first kappa shape index (κ1) is 15.3. The zero-order valence-corrected chi connectivity index (χ0v) is 11.7. The zero-order valence-electron chi connectivity index (χ0n) is 10.8. The SMILES string of the molecule is CC1COCCN1S(=O)(=O)c1cc(CO)cc(F)c1F. The molecule has 1 aliphatic heterocycles. The normalized spacial score (nSPS) is 21.1. The largest absolute Gasteiger partial charge is 0.392 e. The van der Waals surface area contributed by atoms with Crippen LogP contribution in [0.4, 0.5) is 8.78 Å². The van der Waals surface area contributed by atoms with Gasteiger partial charge >= 0.3 is 0 Å². The average Bonchev–Trinajstić information content (AvgIpc) is 2.41. The van der Waals surface area contributed by atoms with E-state index in [1.807, 2.05) is 0 Å². The summed E-state index contributed by atoms with van der Waals surface area (Å²) >= 11 is 0. The highest BCUT2D eigenvalue weighted by atomic mass is 32.2. The summed E-state index contributed by atoms with van der Waals surface area (Å²) in [6, 6.07) is 1.27. The van der Waals surface area contributed by atoms with Crippen LogP contribution in [0.2, 0.25) is 0 Å². The molecule has 2 rings (SSSR count). The lowest BCUT2D eigenvalue weighted by atomic mass is 10.2. The van der Waals surface area contributed by atoms with E-state index in [0.29, 0.717) is 0 Å². The third-order valence-electron chi connectivity index (χ3n) is 3.13. The zero-order chi connectivity index (χ0) is 14.9. The topological polar surface area (TPSA) is 66.8 Å². The number of hydrogen-bond acceptors (Lipinski definition) is 4. The lowest BCUT2D eigenvalue weighted by Gasteiger charge is -2.32. The van der Waals surface area contributed by atoms with Gasteiger partial charge in [-0.1, -0.05) is 0 Å². The van der Waals surface area contributed by atoms with Gasteiger partial charge in [-0.3, -0.25) is 0 Å². The molecule has 1 aliphatic rings. The minimum absolute atomic E-state index is 0.00314. The van der Waals surface area contributed by atoms with Crippen LogP contribution in [-0.2, 0) is 21.4 Å². The van der Waals surface area contributed by atoms with Gasteiger partial charge in [0.25, 0.3) is 0 Å². The van der Waals surface area contributed by atoms with Gasteiger partial charge in [0.05, 0.1) is 19.8 Å². The van der Waals surface area contributed by atoms with Crippen LogP contribution in [0.1, 0.15) is 12.5 Å². The first-order valence-electron chi connectivity index (χ1n) is 6.06. The van der Waals surface area contributed by atoms with Crippen molar-refractivity contribution in [2.75, 3.05) is 19.8 Å². The summed E-state index contributed by atoms with van der Waals surface area (Å²) in [7, 11) is -4.17. The molecule has 1 N–H and O–H groups in total. The molecule has 0 radical (unpaired) electrons. The minimum atomic E-state index is -4.17. The molecular formula is C12H15F2NO4S. The Morgan fingerprint density at radius 1 is 1.45 bits per heavy atom. The summed E-state index contributed by atoms with van der Waals surface area (Å²) in [5.41, 5.74) is 0.00314. The summed E-state index contributed by atoms with van der Waals surface area (Å²) in [5.74, 6) is -2.73. The molecule has 0 bridgehead atoms. The van der Waals surface area contributed by atoms with Gasteiger partial charge in [0.1, 0.15) is 4.90 Å². The quantitative estimate of drug-likeness (QED) is 0.900. The third-order valence-corrected chi connectivity index (χ3v) is 5.14. The van der Waals surface area contributed by atoms with Crippen molar-refractivity contribution in [1.82, 2.24) is 4.31 Å². The molecule has 0 aliphatic carbocycles. The highest BCUT2D eigenvalue weighted by molar-refractivity contribution is 7.89. The maximum Gasteiger partial charge on any atom is 0.246 e. The van der Waals surface area contributed by atoms with Gasteiger partial charge in [-0.05, 0) is 24.6 Å². The first-order valence-corrected chi connectivity index (χ1v) is 7.50. The van der Waals surface area contributed by atoms with Crippen molar-refractivity contribution in [1.29, 1.82) is 0 Å². The van der Waals surface area contributed by atoms with Gasteiger partial charge in [-0.25, -0.2) is 17.2 Å². The predicted molar refractivity (Wildman–Crippen MR) is 66.5 cm³/mol. The summed E-state index contributed by atoms with van der Waals surface area (Å²) in [4.78, 5) is -0.754.